The summed E-state index contributed by atoms with van der Waals surface area (Å²) in [7, 11) is 1.60. The van der Waals surface area contributed by atoms with E-state index in [1.807, 2.05) is 36.4 Å². The molecule has 1 unspecified atom stereocenters. The number of hydrogen-bond donors (Lipinski definition) is 1. The lowest BCUT2D eigenvalue weighted by molar-refractivity contribution is -0.161. The van der Waals surface area contributed by atoms with Crippen molar-refractivity contribution in [2.75, 3.05) is 6.61 Å². The number of rotatable bonds is 4. The highest BCUT2D eigenvalue weighted by Gasteiger charge is 2.33. The molecule has 2 aromatic carbocycles. The van der Waals surface area contributed by atoms with Gasteiger partial charge in [-0.05, 0) is 55.5 Å². The molecule has 2 heterocycles. The topological polar surface area (TPSA) is 77.8 Å². The first-order chi connectivity index (χ1) is 14.2. The Morgan fingerprint density at radius 3 is 2.53 bits per heavy atom. The van der Waals surface area contributed by atoms with Crippen molar-refractivity contribution in [2.24, 2.45) is 7.05 Å². The Kier molecular flexibility index (Phi) is 4.90. The number of carbonyl (C=O) groups is 1. The molecule has 30 heavy (non-hydrogen) atoms. The van der Waals surface area contributed by atoms with Crippen molar-refractivity contribution in [3.8, 4) is 16.9 Å². The maximum absolute atomic E-state index is 13.1. The highest BCUT2D eigenvalue weighted by atomic mass is 16.5. The van der Waals surface area contributed by atoms with E-state index in [1.165, 1.54) is 4.57 Å². The first-order valence-corrected chi connectivity index (χ1v) is 9.96. The molecule has 1 atom stereocenters. The SMILES string of the molecule is Cn1c(C(OC(C)(C)C)C(=O)O)c(-c2ccc3c(c2)CCO3)c2ccccc2c1=O. The normalized spacial score (nSPS) is 14.4. The summed E-state index contributed by atoms with van der Waals surface area (Å²) in [6, 6.07) is 13.1. The van der Waals surface area contributed by atoms with Gasteiger partial charge in [-0.1, -0.05) is 24.3 Å². The number of aromatic nitrogens is 1. The van der Waals surface area contributed by atoms with Crippen LogP contribution in [0.1, 0.15) is 38.1 Å². The molecule has 156 valence electrons. The number of benzene rings is 2. The first-order valence-electron chi connectivity index (χ1n) is 9.96. The maximum Gasteiger partial charge on any atom is 0.339 e. The van der Waals surface area contributed by atoms with Gasteiger partial charge in [0.25, 0.3) is 5.56 Å². The first kappa shape index (κ1) is 20.2. The van der Waals surface area contributed by atoms with Crippen molar-refractivity contribution in [1.29, 1.82) is 0 Å². The minimum absolute atomic E-state index is 0.252. The van der Waals surface area contributed by atoms with E-state index in [-0.39, 0.29) is 5.56 Å². The van der Waals surface area contributed by atoms with Crippen LogP contribution in [-0.4, -0.2) is 27.9 Å². The minimum atomic E-state index is -1.30. The summed E-state index contributed by atoms with van der Waals surface area (Å²) < 4.78 is 13.0. The summed E-state index contributed by atoms with van der Waals surface area (Å²) in [6.45, 7) is 6.03. The average molecular weight is 407 g/mol. The molecule has 0 bridgehead atoms. The number of pyridine rings is 1. The second-order valence-electron chi connectivity index (χ2n) is 8.54. The van der Waals surface area contributed by atoms with Gasteiger partial charge in [0, 0.05) is 24.4 Å². The van der Waals surface area contributed by atoms with E-state index in [1.54, 1.807) is 33.9 Å². The van der Waals surface area contributed by atoms with Gasteiger partial charge in [0.2, 0.25) is 0 Å². The monoisotopic (exact) mass is 407 g/mol. The van der Waals surface area contributed by atoms with E-state index in [0.29, 0.717) is 28.6 Å². The van der Waals surface area contributed by atoms with Gasteiger partial charge in [-0.25, -0.2) is 4.79 Å². The molecule has 0 aliphatic carbocycles. The molecule has 1 aromatic heterocycles. The summed E-state index contributed by atoms with van der Waals surface area (Å²) in [4.78, 5) is 25.4. The van der Waals surface area contributed by atoms with Crippen LogP contribution in [0.25, 0.3) is 21.9 Å². The van der Waals surface area contributed by atoms with E-state index in [0.717, 1.165) is 23.3 Å². The van der Waals surface area contributed by atoms with Crippen LogP contribution >= 0.6 is 0 Å². The van der Waals surface area contributed by atoms with Gasteiger partial charge in [-0.15, -0.1) is 0 Å². The third-order valence-electron chi connectivity index (χ3n) is 5.27. The second kappa shape index (κ2) is 7.29. The van der Waals surface area contributed by atoms with Crippen LogP contribution in [0.3, 0.4) is 0 Å². The van der Waals surface area contributed by atoms with Crippen LogP contribution in [-0.2, 0) is 23.0 Å². The number of hydrogen-bond acceptors (Lipinski definition) is 4. The fraction of sp³-hybridized carbons (Fsp3) is 0.333. The maximum atomic E-state index is 13.1. The Hall–Kier alpha value is -3.12. The molecular formula is C24H25NO5. The zero-order chi connectivity index (χ0) is 21.6. The molecule has 0 fully saturated rings. The smallest absolute Gasteiger partial charge is 0.339 e. The molecule has 3 aromatic rings. The van der Waals surface area contributed by atoms with E-state index in [2.05, 4.69) is 0 Å². The molecule has 0 saturated carbocycles. The van der Waals surface area contributed by atoms with Gasteiger partial charge in [-0.2, -0.15) is 0 Å². The van der Waals surface area contributed by atoms with Gasteiger partial charge in [0.05, 0.1) is 17.9 Å². The van der Waals surface area contributed by atoms with E-state index < -0.39 is 17.7 Å². The number of nitrogens with zero attached hydrogens (tertiary/aromatic N) is 1. The number of aliphatic carboxylic acids is 1. The summed E-state index contributed by atoms with van der Waals surface area (Å²) in [5, 5.41) is 11.3. The molecule has 0 saturated heterocycles. The van der Waals surface area contributed by atoms with Gasteiger partial charge in [-0.3, -0.25) is 4.79 Å². The lowest BCUT2D eigenvalue weighted by Gasteiger charge is -2.28. The highest BCUT2D eigenvalue weighted by molar-refractivity contribution is 5.99. The third kappa shape index (κ3) is 3.48. The Balaban J connectivity index is 2.09. The van der Waals surface area contributed by atoms with Crippen LogP contribution in [0.15, 0.2) is 47.3 Å². The van der Waals surface area contributed by atoms with Crippen molar-refractivity contribution >= 4 is 16.7 Å². The molecule has 1 aliphatic heterocycles. The fourth-order valence-electron chi connectivity index (χ4n) is 4.01. The average Bonchev–Trinajstić information content (AvgIpc) is 3.16. The van der Waals surface area contributed by atoms with Crippen molar-refractivity contribution in [3.63, 3.8) is 0 Å². The van der Waals surface area contributed by atoms with Gasteiger partial charge >= 0.3 is 5.97 Å². The molecule has 6 heteroatoms. The van der Waals surface area contributed by atoms with Gasteiger partial charge < -0.3 is 19.1 Å². The Morgan fingerprint density at radius 2 is 1.87 bits per heavy atom. The Morgan fingerprint density at radius 1 is 1.17 bits per heavy atom. The van der Waals surface area contributed by atoms with Crippen molar-refractivity contribution < 1.29 is 19.4 Å². The van der Waals surface area contributed by atoms with Crippen LogP contribution in [0, 0.1) is 0 Å². The molecule has 0 amide bonds. The zero-order valence-electron chi connectivity index (χ0n) is 17.6. The summed E-state index contributed by atoms with van der Waals surface area (Å²) in [5.74, 6) is -0.295. The van der Waals surface area contributed by atoms with Crippen LogP contribution in [0.2, 0.25) is 0 Å². The van der Waals surface area contributed by atoms with Gasteiger partial charge in [0.15, 0.2) is 6.10 Å². The molecule has 0 spiro atoms. The summed E-state index contributed by atoms with van der Waals surface area (Å²) in [5.41, 5.74) is 1.97. The Bertz CT molecular complexity index is 1200. The van der Waals surface area contributed by atoms with E-state index in [4.69, 9.17) is 9.47 Å². The lowest BCUT2D eigenvalue weighted by atomic mass is 9.93. The van der Waals surface area contributed by atoms with Crippen molar-refractivity contribution in [2.45, 2.75) is 38.9 Å². The molecule has 6 nitrogen and oxygen atoms in total. The molecule has 1 N–H and O–H groups in total. The number of carboxylic acid groups (broad SMARTS) is 1. The largest absolute Gasteiger partial charge is 0.493 e. The molecule has 0 radical (unpaired) electrons. The summed E-state index contributed by atoms with van der Waals surface area (Å²) in [6.07, 6.45) is -0.505. The molecular weight excluding hydrogens is 382 g/mol. The van der Waals surface area contributed by atoms with Crippen LogP contribution < -0.4 is 10.3 Å². The standard InChI is InChI=1S/C24H25NO5/c1-24(2,3)30-21(23(27)28)20-19(15-9-10-18-14(13-15)11-12-29-18)16-7-5-6-8-17(16)22(26)25(20)4/h5-10,13,21H,11-12H2,1-4H3,(H,27,28). The van der Waals surface area contributed by atoms with E-state index in [9.17, 15) is 14.7 Å². The fourth-order valence-corrected chi connectivity index (χ4v) is 4.01. The van der Waals surface area contributed by atoms with Crippen molar-refractivity contribution in [1.82, 2.24) is 4.57 Å². The summed E-state index contributed by atoms with van der Waals surface area (Å²) >= 11 is 0. The predicted molar refractivity (Wildman–Crippen MR) is 115 cm³/mol. The molecule has 1 aliphatic rings. The van der Waals surface area contributed by atoms with Crippen molar-refractivity contribution in [3.05, 3.63) is 64.1 Å². The Labute approximate surface area is 174 Å². The predicted octanol–water partition coefficient (Wildman–Crippen LogP) is 4.08. The quantitative estimate of drug-likeness (QED) is 0.705. The third-order valence-corrected chi connectivity index (χ3v) is 5.27. The molecule has 4 rings (SSSR count). The van der Waals surface area contributed by atoms with E-state index >= 15 is 0 Å². The second-order valence-corrected chi connectivity index (χ2v) is 8.54. The van der Waals surface area contributed by atoms with Crippen LogP contribution in [0.4, 0.5) is 0 Å². The number of fused-ring (bicyclic) bond motifs is 2. The highest BCUT2D eigenvalue weighted by Crippen LogP contribution is 2.39. The zero-order valence-corrected chi connectivity index (χ0v) is 17.6. The lowest BCUT2D eigenvalue weighted by Crippen LogP contribution is -2.32. The minimum Gasteiger partial charge on any atom is -0.493 e. The number of ether oxygens (including phenoxy) is 2. The van der Waals surface area contributed by atoms with Gasteiger partial charge in [0.1, 0.15) is 5.75 Å². The van der Waals surface area contributed by atoms with Crippen LogP contribution in [0.5, 0.6) is 5.75 Å². The number of carboxylic acids is 1.